The summed E-state index contributed by atoms with van der Waals surface area (Å²) in [4.78, 5) is 54.0. The van der Waals surface area contributed by atoms with E-state index in [9.17, 15) is 19.2 Å². The lowest BCUT2D eigenvalue weighted by Gasteiger charge is -2.31. The molecule has 1 heterocycles. The Kier molecular flexibility index (Phi) is 6.38. The molecule has 6 atom stereocenters. The number of benzene rings is 2. The minimum Gasteiger partial charge on any atom is -0.292 e. The van der Waals surface area contributed by atoms with Gasteiger partial charge in [0.25, 0.3) is 17.7 Å². The van der Waals surface area contributed by atoms with Crippen LogP contribution >= 0.6 is 55.1 Å². The fourth-order valence-electron chi connectivity index (χ4n) is 5.46. The maximum absolute atomic E-state index is 13.6. The highest BCUT2D eigenvalue weighted by Crippen LogP contribution is 2.60. The monoisotopic (exact) mass is 626 g/mol. The molecule has 0 aromatic heterocycles. The Balaban J connectivity index is 1.53. The van der Waals surface area contributed by atoms with Crippen molar-refractivity contribution in [1.82, 2.24) is 10.0 Å². The Morgan fingerprint density at radius 1 is 0.941 bits per heavy atom. The quantitative estimate of drug-likeness (QED) is 0.265. The average Bonchev–Trinajstić information content (AvgIpc) is 3.42. The van der Waals surface area contributed by atoms with Crippen LogP contribution in [0.25, 0.3) is 0 Å². The highest BCUT2D eigenvalue weighted by molar-refractivity contribution is 9.12. The summed E-state index contributed by atoms with van der Waals surface area (Å²) >= 11 is 19.6. The van der Waals surface area contributed by atoms with E-state index in [0.717, 1.165) is 16.4 Å². The molecular formula is C24H18Br2Cl2N2O4. The number of alkyl halides is 2. The first-order valence-electron chi connectivity index (χ1n) is 10.7. The number of amides is 3. The van der Waals surface area contributed by atoms with Gasteiger partial charge in [-0.05, 0) is 36.5 Å². The Bertz CT molecular complexity index is 1180. The molecule has 0 spiro atoms. The highest BCUT2D eigenvalue weighted by atomic mass is 79.9. The molecule has 2 aliphatic carbocycles. The molecule has 6 nitrogen and oxygen atoms in total. The van der Waals surface area contributed by atoms with Crippen molar-refractivity contribution in [2.24, 2.45) is 23.7 Å². The molecule has 176 valence electrons. The van der Waals surface area contributed by atoms with E-state index in [4.69, 9.17) is 23.2 Å². The van der Waals surface area contributed by atoms with Crippen LogP contribution in [-0.2, 0) is 9.59 Å². The Morgan fingerprint density at radius 3 is 2.09 bits per heavy atom. The van der Waals surface area contributed by atoms with Crippen molar-refractivity contribution in [1.29, 1.82) is 0 Å². The summed E-state index contributed by atoms with van der Waals surface area (Å²) in [6, 6.07) is 12.7. The molecule has 0 N–H and O–H groups in total. The van der Waals surface area contributed by atoms with E-state index in [-0.39, 0.29) is 32.1 Å². The number of ketones is 1. The fraction of sp³-hybridized carbons (Fsp3) is 0.333. The average molecular weight is 629 g/mol. The maximum Gasteiger partial charge on any atom is 0.274 e. The molecule has 0 radical (unpaired) electrons. The SMILES string of the molecule is O=C(CN(C(=O)c1ccc(Cl)cc1Cl)N1C(=O)[C@@H]2[C@H]3C[C@@H]([C@H](Br)[C@H]3Br)[C@@H]2C1=O)c1ccccc1. The van der Waals surface area contributed by atoms with Crippen molar-refractivity contribution in [2.75, 3.05) is 6.54 Å². The van der Waals surface area contributed by atoms with Gasteiger partial charge in [-0.3, -0.25) is 19.2 Å². The molecule has 1 aliphatic heterocycles. The number of fused-ring (bicyclic) bond motifs is 5. The predicted octanol–water partition coefficient (Wildman–Crippen LogP) is 5.01. The van der Waals surface area contributed by atoms with Crippen LogP contribution in [0.15, 0.2) is 48.5 Å². The summed E-state index contributed by atoms with van der Waals surface area (Å²) < 4.78 is 0. The van der Waals surface area contributed by atoms with Gasteiger partial charge in [0.15, 0.2) is 5.78 Å². The second-order valence-electron chi connectivity index (χ2n) is 8.77. The van der Waals surface area contributed by atoms with Gasteiger partial charge in [-0.2, -0.15) is 5.01 Å². The molecule has 0 unspecified atom stereocenters. The minimum atomic E-state index is -0.717. The van der Waals surface area contributed by atoms with E-state index in [0.29, 0.717) is 10.6 Å². The molecule has 2 aromatic rings. The summed E-state index contributed by atoms with van der Waals surface area (Å²) in [5.41, 5.74) is 0.409. The van der Waals surface area contributed by atoms with E-state index in [1.54, 1.807) is 30.3 Å². The van der Waals surface area contributed by atoms with Crippen LogP contribution in [0, 0.1) is 23.7 Å². The van der Waals surface area contributed by atoms with Crippen molar-refractivity contribution in [3.63, 3.8) is 0 Å². The molecule has 10 heteroatoms. The zero-order valence-electron chi connectivity index (χ0n) is 17.5. The molecular weight excluding hydrogens is 611 g/mol. The van der Waals surface area contributed by atoms with E-state index in [1.807, 2.05) is 0 Å². The second kappa shape index (κ2) is 9.04. The third-order valence-corrected chi connectivity index (χ3v) is 10.7. The van der Waals surface area contributed by atoms with Gasteiger partial charge in [0, 0.05) is 20.2 Å². The number of Topliss-reactive ketones (excluding diaryl/α,β-unsaturated/α-hetero) is 1. The van der Waals surface area contributed by atoms with Gasteiger partial charge in [-0.25, -0.2) is 5.01 Å². The highest BCUT2D eigenvalue weighted by Gasteiger charge is 2.67. The first kappa shape index (κ1) is 24.0. The van der Waals surface area contributed by atoms with Crippen LogP contribution in [0.4, 0.5) is 0 Å². The van der Waals surface area contributed by atoms with E-state index in [1.165, 1.54) is 18.2 Å². The second-order valence-corrected chi connectivity index (χ2v) is 11.7. The number of nitrogens with zero attached hydrogens (tertiary/aromatic N) is 2. The predicted molar refractivity (Wildman–Crippen MR) is 134 cm³/mol. The molecule has 3 aliphatic rings. The maximum atomic E-state index is 13.6. The normalized spacial score (nSPS) is 29.5. The summed E-state index contributed by atoms with van der Waals surface area (Å²) in [7, 11) is 0. The molecule has 1 saturated heterocycles. The van der Waals surface area contributed by atoms with Crippen LogP contribution < -0.4 is 0 Å². The number of imide groups is 1. The largest absolute Gasteiger partial charge is 0.292 e. The van der Waals surface area contributed by atoms with Crippen molar-refractivity contribution >= 4 is 78.6 Å². The number of hydrogen-bond donors (Lipinski definition) is 0. The van der Waals surface area contributed by atoms with E-state index >= 15 is 0 Å². The Morgan fingerprint density at radius 2 is 1.53 bits per heavy atom. The molecule has 2 aromatic carbocycles. The van der Waals surface area contributed by atoms with Gasteiger partial charge in [-0.1, -0.05) is 85.4 Å². The zero-order valence-corrected chi connectivity index (χ0v) is 22.2. The van der Waals surface area contributed by atoms with Crippen molar-refractivity contribution in [2.45, 2.75) is 16.1 Å². The lowest BCUT2D eigenvalue weighted by Crippen LogP contribution is -2.52. The molecule has 2 bridgehead atoms. The molecule has 34 heavy (non-hydrogen) atoms. The molecule has 5 rings (SSSR count). The number of hydrazine groups is 1. The van der Waals surface area contributed by atoms with E-state index in [2.05, 4.69) is 31.9 Å². The summed E-state index contributed by atoms with van der Waals surface area (Å²) in [6.07, 6.45) is 0.756. The first-order valence-corrected chi connectivity index (χ1v) is 13.3. The summed E-state index contributed by atoms with van der Waals surface area (Å²) in [5.74, 6) is -3.14. The van der Waals surface area contributed by atoms with Crippen LogP contribution in [0.3, 0.4) is 0 Å². The van der Waals surface area contributed by atoms with Gasteiger partial charge in [0.05, 0.1) is 22.4 Å². The summed E-state index contributed by atoms with van der Waals surface area (Å²) in [5, 5.41) is 2.22. The first-order chi connectivity index (χ1) is 16.2. The Labute approximate surface area is 222 Å². The molecule has 3 fully saturated rings. The number of carbonyl (C=O) groups excluding carboxylic acids is 4. The van der Waals surface area contributed by atoms with Gasteiger partial charge >= 0.3 is 0 Å². The molecule has 3 amide bonds. The van der Waals surface area contributed by atoms with Gasteiger partial charge in [0.2, 0.25) is 0 Å². The van der Waals surface area contributed by atoms with Gasteiger partial charge < -0.3 is 0 Å². The van der Waals surface area contributed by atoms with Gasteiger partial charge in [0.1, 0.15) is 6.54 Å². The number of hydrogen-bond acceptors (Lipinski definition) is 4. The van der Waals surface area contributed by atoms with Crippen LogP contribution in [-0.4, -0.2) is 49.7 Å². The third kappa shape index (κ3) is 3.74. The smallest absolute Gasteiger partial charge is 0.274 e. The lowest BCUT2D eigenvalue weighted by molar-refractivity contribution is -0.154. The Hall–Kier alpha value is -1.74. The zero-order chi connectivity index (χ0) is 24.3. The standard InChI is InChI=1S/C24H18Br2Cl2N2O4/c25-20-14-9-15(21(20)26)19-18(14)23(33)30(24(19)34)29(10-17(31)11-4-2-1-3-5-11)22(32)13-7-6-12(27)8-16(13)28/h1-8,14-15,18-21H,9-10H2/t14-,15-,18-,19+,20+,21+/m1/s1. The van der Waals surface area contributed by atoms with Gasteiger partial charge in [-0.15, -0.1) is 0 Å². The molecule has 2 saturated carbocycles. The van der Waals surface area contributed by atoms with Crippen LogP contribution in [0.1, 0.15) is 27.1 Å². The van der Waals surface area contributed by atoms with Crippen LogP contribution in [0.5, 0.6) is 0 Å². The van der Waals surface area contributed by atoms with Crippen molar-refractivity contribution in [3.05, 3.63) is 69.7 Å². The minimum absolute atomic E-state index is 0.0262. The fourth-order valence-corrected chi connectivity index (χ4v) is 7.82. The topological polar surface area (TPSA) is 74.8 Å². The van der Waals surface area contributed by atoms with Crippen LogP contribution in [0.2, 0.25) is 10.0 Å². The van der Waals surface area contributed by atoms with Crippen molar-refractivity contribution < 1.29 is 19.2 Å². The third-order valence-electron chi connectivity index (χ3n) is 6.99. The number of carbonyl (C=O) groups is 4. The number of halogens is 4. The number of rotatable bonds is 5. The summed E-state index contributed by atoms with van der Waals surface area (Å²) in [6.45, 7) is -0.483. The van der Waals surface area contributed by atoms with E-state index < -0.39 is 41.9 Å². The van der Waals surface area contributed by atoms with Crippen molar-refractivity contribution in [3.8, 4) is 0 Å². The lowest BCUT2D eigenvalue weighted by atomic mass is 9.81.